The number of hydrogen-bond acceptors (Lipinski definition) is 5. The molecule has 1 aliphatic rings. The molecule has 1 atom stereocenters. The van der Waals surface area contributed by atoms with Gasteiger partial charge in [0.15, 0.2) is 9.84 Å². The first kappa shape index (κ1) is 12.2. The van der Waals surface area contributed by atoms with Crippen molar-refractivity contribution in [3.05, 3.63) is 30.9 Å². The highest BCUT2D eigenvalue weighted by atomic mass is 32.2. The van der Waals surface area contributed by atoms with Gasteiger partial charge in [-0.3, -0.25) is 0 Å². The first-order valence-electron chi connectivity index (χ1n) is 5.99. The Labute approximate surface area is 111 Å². The number of sulfone groups is 1. The zero-order chi connectivity index (χ0) is 13.5. The molecule has 1 saturated heterocycles. The molecule has 1 aliphatic heterocycles. The number of imidazole rings is 1. The van der Waals surface area contributed by atoms with Crippen LogP contribution >= 0.6 is 0 Å². The van der Waals surface area contributed by atoms with Crippen LogP contribution in [0, 0.1) is 0 Å². The van der Waals surface area contributed by atoms with E-state index in [1.165, 1.54) is 0 Å². The highest BCUT2D eigenvalue weighted by molar-refractivity contribution is 7.91. The van der Waals surface area contributed by atoms with Gasteiger partial charge in [-0.15, -0.1) is 0 Å². The molecule has 6 nitrogen and oxygen atoms in total. The fourth-order valence-electron chi connectivity index (χ4n) is 2.42. The molecule has 0 amide bonds. The maximum Gasteiger partial charge on any atom is 0.152 e. The summed E-state index contributed by atoms with van der Waals surface area (Å²) < 4.78 is 25.1. The summed E-state index contributed by atoms with van der Waals surface area (Å²) in [5, 5.41) is 0. The Hall–Kier alpha value is -1.89. The van der Waals surface area contributed by atoms with Crippen molar-refractivity contribution >= 4 is 15.7 Å². The van der Waals surface area contributed by atoms with Gasteiger partial charge in [0.1, 0.15) is 5.82 Å². The first-order chi connectivity index (χ1) is 9.05. The molecule has 7 heteroatoms. The van der Waals surface area contributed by atoms with Crippen molar-refractivity contribution in [2.24, 2.45) is 0 Å². The molecule has 19 heavy (non-hydrogen) atoms. The third kappa shape index (κ3) is 2.33. The van der Waals surface area contributed by atoms with E-state index in [9.17, 15) is 8.42 Å². The van der Waals surface area contributed by atoms with Gasteiger partial charge in [0.2, 0.25) is 0 Å². The molecule has 0 radical (unpaired) electrons. The molecule has 0 bridgehead atoms. The van der Waals surface area contributed by atoms with Gasteiger partial charge >= 0.3 is 0 Å². The SMILES string of the molecule is Nc1cc(-c2cncn2C2CCS(=O)(=O)C2)ccn1. The van der Waals surface area contributed by atoms with Crippen LogP contribution in [0.4, 0.5) is 5.82 Å². The van der Waals surface area contributed by atoms with Crippen molar-refractivity contribution in [3.63, 3.8) is 0 Å². The summed E-state index contributed by atoms with van der Waals surface area (Å²) >= 11 is 0. The van der Waals surface area contributed by atoms with Gasteiger partial charge < -0.3 is 10.3 Å². The average Bonchev–Trinajstić information content (AvgIpc) is 2.95. The summed E-state index contributed by atoms with van der Waals surface area (Å²) in [5.74, 6) is 0.856. The topological polar surface area (TPSA) is 90.9 Å². The number of nitrogens with two attached hydrogens (primary N) is 1. The third-order valence-electron chi connectivity index (χ3n) is 3.34. The molecule has 0 aliphatic carbocycles. The van der Waals surface area contributed by atoms with Crippen LogP contribution in [-0.4, -0.2) is 34.5 Å². The fraction of sp³-hybridized carbons (Fsp3) is 0.333. The minimum Gasteiger partial charge on any atom is -0.384 e. The van der Waals surface area contributed by atoms with Crippen molar-refractivity contribution < 1.29 is 8.42 Å². The minimum atomic E-state index is -2.91. The Bertz CT molecular complexity index is 708. The highest BCUT2D eigenvalue weighted by Crippen LogP contribution is 2.29. The van der Waals surface area contributed by atoms with Crippen LogP contribution in [0.25, 0.3) is 11.3 Å². The van der Waals surface area contributed by atoms with Gasteiger partial charge in [0.25, 0.3) is 0 Å². The van der Waals surface area contributed by atoms with Crippen LogP contribution < -0.4 is 5.73 Å². The second-order valence-corrected chi connectivity index (χ2v) is 6.94. The summed E-state index contributed by atoms with van der Waals surface area (Å²) in [6.45, 7) is 0. The maximum absolute atomic E-state index is 11.6. The predicted octanol–water partition coefficient (Wildman–Crippen LogP) is 0.887. The molecule has 0 spiro atoms. The smallest absolute Gasteiger partial charge is 0.152 e. The molecule has 3 heterocycles. The van der Waals surface area contributed by atoms with Crippen LogP contribution in [-0.2, 0) is 9.84 Å². The molecular weight excluding hydrogens is 264 g/mol. The van der Waals surface area contributed by atoms with Gasteiger partial charge in [-0.1, -0.05) is 0 Å². The van der Waals surface area contributed by atoms with E-state index >= 15 is 0 Å². The van der Waals surface area contributed by atoms with Gasteiger partial charge in [0.05, 0.1) is 35.8 Å². The molecule has 1 unspecified atom stereocenters. The lowest BCUT2D eigenvalue weighted by Gasteiger charge is -2.14. The third-order valence-corrected chi connectivity index (χ3v) is 5.10. The first-order valence-corrected chi connectivity index (χ1v) is 7.81. The van der Waals surface area contributed by atoms with Crippen molar-refractivity contribution in [2.45, 2.75) is 12.5 Å². The van der Waals surface area contributed by atoms with Gasteiger partial charge in [-0.05, 0) is 18.6 Å². The summed E-state index contributed by atoms with van der Waals surface area (Å²) in [6.07, 6.45) is 5.66. The van der Waals surface area contributed by atoms with Crippen LogP contribution in [0.1, 0.15) is 12.5 Å². The molecule has 100 valence electrons. The zero-order valence-electron chi connectivity index (χ0n) is 10.2. The van der Waals surface area contributed by atoms with Crippen LogP contribution in [0.3, 0.4) is 0 Å². The van der Waals surface area contributed by atoms with E-state index in [1.54, 1.807) is 24.8 Å². The van der Waals surface area contributed by atoms with Crippen molar-refractivity contribution in [1.82, 2.24) is 14.5 Å². The Kier molecular flexibility index (Phi) is 2.78. The highest BCUT2D eigenvalue weighted by Gasteiger charge is 2.30. The number of pyridine rings is 1. The number of nitrogen functional groups attached to an aromatic ring is 1. The van der Waals surface area contributed by atoms with Crippen LogP contribution in [0.2, 0.25) is 0 Å². The van der Waals surface area contributed by atoms with Crippen molar-refractivity contribution in [3.8, 4) is 11.3 Å². The van der Waals surface area contributed by atoms with Gasteiger partial charge in [-0.25, -0.2) is 18.4 Å². The minimum absolute atomic E-state index is 0.0445. The largest absolute Gasteiger partial charge is 0.384 e. The lowest BCUT2D eigenvalue weighted by Crippen LogP contribution is -2.11. The number of anilines is 1. The normalized spacial score (nSPS) is 21.6. The Morgan fingerprint density at radius 1 is 1.42 bits per heavy atom. The molecular formula is C12H14N4O2S. The average molecular weight is 278 g/mol. The lowest BCUT2D eigenvalue weighted by molar-refractivity contribution is 0.559. The summed E-state index contributed by atoms with van der Waals surface area (Å²) in [6, 6.07) is 3.56. The summed E-state index contributed by atoms with van der Waals surface area (Å²) in [7, 11) is -2.91. The quantitative estimate of drug-likeness (QED) is 0.880. The maximum atomic E-state index is 11.6. The van der Waals surface area contributed by atoms with Crippen LogP contribution in [0.5, 0.6) is 0 Å². The molecule has 2 aromatic heterocycles. The number of rotatable bonds is 2. The second kappa shape index (κ2) is 4.34. The van der Waals surface area contributed by atoms with E-state index in [0.717, 1.165) is 11.3 Å². The van der Waals surface area contributed by atoms with E-state index in [0.29, 0.717) is 12.2 Å². The van der Waals surface area contributed by atoms with Crippen molar-refractivity contribution in [1.29, 1.82) is 0 Å². The predicted molar refractivity (Wildman–Crippen MR) is 72.2 cm³/mol. The fourth-order valence-corrected chi connectivity index (χ4v) is 4.13. The zero-order valence-corrected chi connectivity index (χ0v) is 11.0. The number of nitrogens with zero attached hydrogens (tertiary/aromatic N) is 3. The second-order valence-electron chi connectivity index (χ2n) is 4.71. The number of hydrogen-bond donors (Lipinski definition) is 1. The van der Waals surface area contributed by atoms with E-state index < -0.39 is 9.84 Å². The summed E-state index contributed by atoms with van der Waals surface area (Å²) in [5.41, 5.74) is 7.44. The van der Waals surface area contributed by atoms with E-state index in [-0.39, 0.29) is 17.5 Å². The number of aromatic nitrogens is 3. The molecule has 1 fully saturated rings. The van der Waals surface area contributed by atoms with Gasteiger partial charge in [-0.2, -0.15) is 0 Å². The molecule has 3 rings (SSSR count). The van der Waals surface area contributed by atoms with Crippen LogP contribution in [0.15, 0.2) is 30.9 Å². The van der Waals surface area contributed by atoms with E-state index in [1.807, 2.05) is 10.6 Å². The molecule has 2 N–H and O–H groups in total. The summed E-state index contributed by atoms with van der Waals surface area (Å²) in [4.78, 5) is 8.08. The van der Waals surface area contributed by atoms with E-state index in [4.69, 9.17) is 5.73 Å². The Morgan fingerprint density at radius 2 is 2.26 bits per heavy atom. The standard InChI is InChI=1S/C12H14N4O2S/c13-12-5-9(1-3-15-12)11-6-14-8-16(11)10-2-4-19(17,18)7-10/h1,3,5-6,8,10H,2,4,7H2,(H2,13,15). The monoisotopic (exact) mass is 278 g/mol. The lowest BCUT2D eigenvalue weighted by atomic mass is 10.1. The van der Waals surface area contributed by atoms with Crippen molar-refractivity contribution in [2.75, 3.05) is 17.2 Å². The molecule has 2 aromatic rings. The molecule has 0 aromatic carbocycles. The van der Waals surface area contributed by atoms with Gasteiger partial charge in [0, 0.05) is 11.8 Å². The Balaban J connectivity index is 2.00. The Morgan fingerprint density at radius 3 is 2.95 bits per heavy atom. The molecule has 0 saturated carbocycles. The van der Waals surface area contributed by atoms with E-state index in [2.05, 4.69) is 9.97 Å².